The molecule has 0 fully saturated rings. The zero-order valence-corrected chi connectivity index (χ0v) is 18.8. The fourth-order valence-electron chi connectivity index (χ4n) is 2.66. The Kier molecular flexibility index (Phi) is 9.30. The third-order valence-corrected chi connectivity index (χ3v) is 5.39. The van der Waals surface area contributed by atoms with E-state index in [0.29, 0.717) is 33.4 Å². The maximum atomic E-state index is 12.3. The van der Waals surface area contributed by atoms with E-state index in [2.05, 4.69) is 10.6 Å². The number of esters is 2. The van der Waals surface area contributed by atoms with Crippen LogP contribution in [-0.4, -0.2) is 30.4 Å². The van der Waals surface area contributed by atoms with Crippen LogP contribution in [0.3, 0.4) is 0 Å². The van der Waals surface area contributed by atoms with Gasteiger partial charge in [-0.1, -0.05) is 67.7 Å². The number of rotatable bonds is 9. The Hall–Kier alpha value is -2.61. The van der Waals surface area contributed by atoms with Crippen LogP contribution in [0.5, 0.6) is 0 Å². The number of hydrogen-bond donors (Lipinski definition) is 3. The minimum atomic E-state index is -0.890. The van der Waals surface area contributed by atoms with Crippen LogP contribution in [0.15, 0.2) is 42.5 Å². The molecule has 2 aromatic carbocycles. The summed E-state index contributed by atoms with van der Waals surface area (Å²) in [5.41, 5.74) is 7.57. The van der Waals surface area contributed by atoms with Crippen LogP contribution >= 0.6 is 23.2 Å². The number of carbonyl (C=O) groups excluding carboxylic acids is 3. The summed E-state index contributed by atoms with van der Waals surface area (Å²) in [6, 6.07) is 11.4. The largest absolute Gasteiger partial charge is 0.391 e. The van der Waals surface area contributed by atoms with E-state index in [4.69, 9.17) is 33.7 Å². The Morgan fingerprint density at radius 3 is 2.35 bits per heavy atom. The van der Waals surface area contributed by atoms with Gasteiger partial charge in [0.2, 0.25) is 5.91 Å². The fraction of sp³-hybridized carbons (Fsp3) is 0.318. The summed E-state index contributed by atoms with van der Waals surface area (Å²) in [7, 11) is 0. The number of para-hydroxylation sites is 2. The number of anilines is 2. The second-order valence-electron chi connectivity index (χ2n) is 7.04. The average Bonchev–Trinajstić information content (AvgIpc) is 2.74. The molecular weight excluding hydrogens is 441 g/mol. The van der Waals surface area contributed by atoms with Gasteiger partial charge in [0.1, 0.15) is 12.6 Å². The van der Waals surface area contributed by atoms with Crippen molar-refractivity contribution in [2.45, 2.75) is 32.7 Å². The molecule has 1 amide bonds. The zero-order valence-electron chi connectivity index (χ0n) is 17.3. The number of amides is 1. The maximum absolute atomic E-state index is 12.3. The number of nitrogens with two attached hydrogens (primary N) is 1. The van der Waals surface area contributed by atoms with Crippen LogP contribution in [-0.2, 0) is 25.5 Å². The van der Waals surface area contributed by atoms with Crippen molar-refractivity contribution in [1.29, 1.82) is 0 Å². The minimum Gasteiger partial charge on any atom is -0.391 e. The van der Waals surface area contributed by atoms with Gasteiger partial charge >= 0.3 is 11.9 Å². The third-order valence-electron chi connectivity index (χ3n) is 4.76. The highest BCUT2D eigenvalue weighted by molar-refractivity contribution is 6.39. The summed E-state index contributed by atoms with van der Waals surface area (Å²) in [4.78, 5) is 36.0. The molecule has 0 aliphatic carbocycles. The molecule has 4 N–H and O–H groups in total. The molecule has 31 heavy (non-hydrogen) atoms. The number of benzene rings is 2. The zero-order chi connectivity index (χ0) is 23.0. The lowest BCUT2D eigenvalue weighted by atomic mass is 10.0. The molecular formula is C22H25Cl2N3O4. The molecule has 0 aliphatic heterocycles. The standard InChI is InChI=1S/C22H25Cl2N3O4/c1-3-13(2)20(25)22(30)31-19(29)12-26-18(28)11-14-7-4-5-10-17(14)27-21-15(23)8-6-9-16(21)24/h4-10,13,20,27H,3,11-12,25H2,1-2H3,(H,26,28)/t13-,20-/m0/s1. The summed E-state index contributed by atoms with van der Waals surface area (Å²) in [5.74, 6) is -2.22. The van der Waals surface area contributed by atoms with Gasteiger partial charge in [-0.2, -0.15) is 0 Å². The van der Waals surface area contributed by atoms with Gasteiger partial charge in [-0.3, -0.25) is 4.79 Å². The molecule has 7 nitrogen and oxygen atoms in total. The highest BCUT2D eigenvalue weighted by Crippen LogP contribution is 2.33. The molecule has 0 saturated carbocycles. The van der Waals surface area contributed by atoms with Gasteiger partial charge in [-0.25, -0.2) is 9.59 Å². The fourth-order valence-corrected chi connectivity index (χ4v) is 3.15. The van der Waals surface area contributed by atoms with Crippen molar-refractivity contribution in [2.75, 3.05) is 11.9 Å². The van der Waals surface area contributed by atoms with Crippen LogP contribution in [0.25, 0.3) is 0 Å². The smallest absolute Gasteiger partial charge is 0.333 e. The SMILES string of the molecule is CC[C@H](C)[C@H](N)C(=O)OC(=O)CNC(=O)Cc1ccccc1Nc1c(Cl)cccc1Cl. The van der Waals surface area contributed by atoms with E-state index in [1.165, 1.54) is 0 Å². The number of halogens is 2. The van der Waals surface area contributed by atoms with Crippen LogP contribution in [0.2, 0.25) is 10.0 Å². The monoisotopic (exact) mass is 465 g/mol. The van der Waals surface area contributed by atoms with Gasteiger partial charge in [-0.15, -0.1) is 0 Å². The normalized spacial score (nSPS) is 12.5. The van der Waals surface area contributed by atoms with Crippen molar-refractivity contribution in [3.8, 4) is 0 Å². The molecule has 0 aromatic heterocycles. The summed E-state index contributed by atoms with van der Waals surface area (Å²) in [5, 5.41) is 6.46. The lowest BCUT2D eigenvalue weighted by Crippen LogP contribution is -2.41. The van der Waals surface area contributed by atoms with Crippen LogP contribution in [0, 0.1) is 5.92 Å². The first-order chi connectivity index (χ1) is 14.7. The highest BCUT2D eigenvalue weighted by atomic mass is 35.5. The van der Waals surface area contributed by atoms with Gasteiger partial charge < -0.3 is 21.1 Å². The first-order valence-electron chi connectivity index (χ1n) is 9.78. The van der Waals surface area contributed by atoms with E-state index in [1.54, 1.807) is 49.4 Å². The van der Waals surface area contributed by atoms with Gasteiger partial charge in [0.15, 0.2) is 0 Å². The van der Waals surface area contributed by atoms with Crippen molar-refractivity contribution >= 4 is 52.4 Å². The predicted octanol–water partition coefficient (Wildman–Crippen LogP) is 3.84. The molecule has 0 heterocycles. The Morgan fingerprint density at radius 1 is 1.06 bits per heavy atom. The lowest BCUT2D eigenvalue weighted by molar-refractivity contribution is -0.161. The van der Waals surface area contributed by atoms with Crippen molar-refractivity contribution in [2.24, 2.45) is 11.7 Å². The van der Waals surface area contributed by atoms with Crippen molar-refractivity contribution in [1.82, 2.24) is 5.32 Å². The van der Waals surface area contributed by atoms with Gasteiger partial charge in [0.05, 0.1) is 22.2 Å². The predicted molar refractivity (Wildman–Crippen MR) is 121 cm³/mol. The number of nitrogens with one attached hydrogen (secondary N) is 2. The van der Waals surface area contributed by atoms with Gasteiger partial charge in [0, 0.05) is 5.69 Å². The van der Waals surface area contributed by atoms with Crippen LogP contribution in [0.1, 0.15) is 25.8 Å². The first kappa shape index (κ1) is 24.7. The van der Waals surface area contributed by atoms with E-state index in [1.807, 2.05) is 6.92 Å². The number of ether oxygens (including phenoxy) is 1. The topological polar surface area (TPSA) is 111 Å². The molecule has 2 atom stereocenters. The molecule has 9 heteroatoms. The Balaban J connectivity index is 1.94. The summed E-state index contributed by atoms with van der Waals surface area (Å²) < 4.78 is 4.71. The van der Waals surface area contributed by atoms with Crippen molar-refractivity contribution < 1.29 is 19.1 Å². The van der Waals surface area contributed by atoms with E-state index in [-0.39, 0.29) is 12.3 Å². The summed E-state index contributed by atoms with van der Waals surface area (Å²) in [6.45, 7) is 3.23. The second kappa shape index (κ2) is 11.7. The van der Waals surface area contributed by atoms with Crippen LogP contribution < -0.4 is 16.4 Å². The second-order valence-corrected chi connectivity index (χ2v) is 7.85. The Labute approximate surface area is 191 Å². The molecule has 0 aliphatic rings. The molecule has 0 unspecified atom stereocenters. The summed E-state index contributed by atoms with van der Waals surface area (Å²) in [6.07, 6.45) is 0.660. The molecule has 0 saturated heterocycles. The molecule has 166 valence electrons. The van der Waals surface area contributed by atoms with E-state index in [0.717, 1.165) is 0 Å². The number of carbonyl (C=O) groups is 3. The van der Waals surface area contributed by atoms with E-state index in [9.17, 15) is 14.4 Å². The summed E-state index contributed by atoms with van der Waals surface area (Å²) >= 11 is 12.4. The Bertz CT molecular complexity index is 932. The minimum absolute atomic E-state index is 0.0150. The lowest BCUT2D eigenvalue weighted by Gasteiger charge is -2.16. The number of hydrogen-bond acceptors (Lipinski definition) is 6. The van der Waals surface area contributed by atoms with Crippen molar-refractivity contribution in [3.05, 3.63) is 58.1 Å². The highest BCUT2D eigenvalue weighted by Gasteiger charge is 2.23. The van der Waals surface area contributed by atoms with Crippen molar-refractivity contribution in [3.63, 3.8) is 0 Å². The molecule has 2 rings (SSSR count). The average molecular weight is 466 g/mol. The van der Waals surface area contributed by atoms with E-state index >= 15 is 0 Å². The quantitative estimate of drug-likeness (QED) is 0.383. The third kappa shape index (κ3) is 7.24. The molecule has 0 spiro atoms. The molecule has 2 aromatic rings. The van der Waals surface area contributed by atoms with Gasteiger partial charge in [-0.05, 0) is 29.7 Å². The molecule has 0 radical (unpaired) electrons. The van der Waals surface area contributed by atoms with E-state index < -0.39 is 30.4 Å². The Morgan fingerprint density at radius 2 is 1.71 bits per heavy atom. The maximum Gasteiger partial charge on any atom is 0.333 e. The molecule has 0 bridgehead atoms. The van der Waals surface area contributed by atoms with Gasteiger partial charge in [0.25, 0.3) is 0 Å². The first-order valence-corrected chi connectivity index (χ1v) is 10.5. The van der Waals surface area contributed by atoms with Crippen LogP contribution in [0.4, 0.5) is 11.4 Å².